The SMILES string of the molecule is C[C@H](N)C(=O)O.C[C@H](N)C(=O)OC1CCCC1.Cl.OC1CCCC1. The van der Waals surface area contributed by atoms with Gasteiger partial charge < -0.3 is 26.4 Å². The van der Waals surface area contributed by atoms with E-state index in [1.54, 1.807) is 6.92 Å². The molecule has 6 N–H and O–H groups in total. The van der Waals surface area contributed by atoms with Crippen LogP contribution in [-0.2, 0) is 14.3 Å². The predicted molar refractivity (Wildman–Crippen MR) is 95.0 cm³/mol. The van der Waals surface area contributed by atoms with Crippen LogP contribution in [-0.4, -0.2) is 46.4 Å². The molecule has 2 aliphatic rings. The summed E-state index contributed by atoms with van der Waals surface area (Å²) in [5.74, 6) is -1.23. The van der Waals surface area contributed by atoms with Gasteiger partial charge in [-0.1, -0.05) is 12.8 Å². The topological polar surface area (TPSA) is 136 Å². The Bertz CT molecular complexity index is 341. The number of aliphatic hydroxyl groups is 1. The van der Waals surface area contributed by atoms with Crippen molar-refractivity contribution in [1.82, 2.24) is 0 Å². The Balaban J connectivity index is 0. The van der Waals surface area contributed by atoms with E-state index in [2.05, 4.69) is 0 Å². The van der Waals surface area contributed by atoms with Crippen LogP contribution in [0, 0.1) is 0 Å². The lowest BCUT2D eigenvalue weighted by Crippen LogP contribution is -2.31. The molecular weight excluding hydrogens is 336 g/mol. The van der Waals surface area contributed by atoms with Crippen LogP contribution in [0.15, 0.2) is 0 Å². The maximum Gasteiger partial charge on any atom is 0.322 e. The van der Waals surface area contributed by atoms with Crippen molar-refractivity contribution < 1.29 is 24.5 Å². The Labute approximate surface area is 150 Å². The van der Waals surface area contributed by atoms with Crippen molar-refractivity contribution in [3.63, 3.8) is 0 Å². The van der Waals surface area contributed by atoms with Crippen molar-refractivity contribution in [2.24, 2.45) is 11.5 Å². The number of carboxylic acids is 1. The number of halogens is 1. The van der Waals surface area contributed by atoms with Crippen molar-refractivity contribution in [2.45, 2.75) is 89.5 Å². The molecule has 0 bridgehead atoms. The molecule has 2 atom stereocenters. The molecule has 2 rings (SSSR count). The van der Waals surface area contributed by atoms with E-state index in [-0.39, 0.29) is 30.6 Å². The highest BCUT2D eigenvalue weighted by molar-refractivity contribution is 5.85. The fourth-order valence-corrected chi connectivity index (χ4v) is 2.18. The van der Waals surface area contributed by atoms with Crippen molar-refractivity contribution in [1.29, 1.82) is 0 Å². The summed E-state index contributed by atoms with van der Waals surface area (Å²) in [6, 6.07) is -1.21. The van der Waals surface area contributed by atoms with Crippen molar-refractivity contribution in [3.05, 3.63) is 0 Å². The van der Waals surface area contributed by atoms with E-state index >= 15 is 0 Å². The lowest BCUT2D eigenvalue weighted by molar-refractivity contribution is -0.149. The molecule has 7 nitrogen and oxygen atoms in total. The number of aliphatic carboxylic acids is 1. The summed E-state index contributed by atoms with van der Waals surface area (Å²) in [7, 11) is 0. The number of rotatable bonds is 3. The lowest BCUT2D eigenvalue weighted by atomic mass is 10.3. The average Bonchev–Trinajstić information content (AvgIpc) is 3.13. The van der Waals surface area contributed by atoms with Gasteiger partial charge in [-0.3, -0.25) is 9.59 Å². The summed E-state index contributed by atoms with van der Waals surface area (Å²) < 4.78 is 5.11. The lowest BCUT2D eigenvalue weighted by Gasteiger charge is -2.12. The number of nitrogens with two attached hydrogens (primary N) is 2. The fourth-order valence-electron chi connectivity index (χ4n) is 2.18. The van der Waals surface area contributed by atoms with Gasteiger partial charge in [0.15, 0.2) is 0 Å². The van der Waals surface area contributed by atoms with Crippen LogP contribution in [0.1, 0.15) is 65.2 Å². The number of carboxylic acid groups (broad SMARTS) is 1. The number of hydrogen-bond acceptors (Lipinski definition) is 6. The molecule has 8 heteroatoms. The standard InChI is InChI=1S/C8H15NO2.C5H10O.C3H7NO2.ClH/c1-6(9)8(10)11-7-4-2-3-5-7;6-5-3-1-2-4-5;1-2(4)3(5)6;/h6-7H,2-5,9H2,1H3;5-6H,1-4H2;2H,4H2,1H3,(H,5,6);1H/t6-;;2-;/m0.0./s1. The monoisotopic (exact) mass is 368 g/mol. The van der Waals surface area contributed by atoms with Crippen LogP contribution in [0.4, 0.5) is 0 Å². The molecule has 24 heavy (non-hydrogen) atoms. The Morgan fingerprint density at radius 3 is 1.58 bits per heavy atom. The third kappa shape index (κ3) is 13.5. The molecule has 2 saturated carbocycles. The Morgan fingerprint density at radius 1 is 0.958 bits per heavy atom. The second kappa shape index (κ2) is 14.5. The van der Waals surface area contributed by atoms with Gasteiger partial charge >= 0.3 is 11.9 Å². The maximum absolute atomic E-state index is 11.0. The van der Waals surface area contributed by atoms with E-state index in [0.29, 0.717) is 0 Å². The van der Waals surface area contributed by atoms with E-state index < -0.39 is 18.1 Å². The number of carbonyl (C=O) groups excluding carboxylic acids is 1. The van der Waals surface area contributed by atoms with E-state index in [1.807, 2.05) is 0 Å². The number of carbonyl (C=O) groups is 2. The Hall–Kier alpha value is -0.890. The zero-order valence-corrected chi connectivity index (χ0v) is 15.5. The quantitative estimate of drug-likeness (QED) is 0.555. The zero-order chi connectivity index (χ0) is 17.8. The fraction of sp³-hybridized carbons (Fsp3) is 0.875. The average molecular weight is 369 g/mol. The highest BCUT2D eigenvalue weighted by Gasteiger charge is 2.20. The van der Waals surface area contributed by atoms with Gasteiger partial charge in [-0.2, -0.15) is 0 Å². The normalized spacial score (nSPS) is 19.7. The molecule has 0 aromatic carbocycles. The molecule has 0 radical (unpaired) electrons. The summed E-state index contributed by atoms with van der Waals surface area (Å²) >= 11 is 0. The second-order valence-corrected chi connectivity index (χ2v) is 6.20. The summed E-state index contributed by atoms with van der Waals surface area (Å²) in [6.45, 7) is 3.07. The Kier molecular flexibility index (Phi) is 15.3. The van der Waals surface area contributed by atoms with E-state index in [4.69, 9.17) is 26.4 Å². The van der Waals surface area contributed by atoms with Crippen LogP contribution >= 0.6 is 12.4 Å². The summed E-state index contributed by atoms with van der Waals surface area (Å²) in [5, 5.41) is 16.6. The van der Waals surface area contributed by atoms with Gasteiger partial charge in [-0.25, -0.2) is 0 Å². The van der Waals surface area contributed by atoms with Crippen molar-refractivity contribution in [2.75, 3.05) is 0 Å². The van der Waals surface area contributed by atoms with Crippen LogP contribution in [0.25, 0.3) is 0 Å². The number of hydrogen-bond donors (Lipinski definition) is 4. The highest BCUT2D eigenvalue weighted by atomic mass is 35.5. The molecule has 0 aromatic heterocycles. The summed E-state index contributed by atoms with van der Waals surface area (Å²) in [5.41, 5.74) is 10.2. The first-order chi connectivity index (χ1) is 10.7. The largest absolute Gasteiger partial charge is 0.480 e. The first-order valence-electron chi connectivity index (χ1n) is 8.36. The van der Waals surface area contributed by atoms with Crippen LogP contribution in [0.5, 0.6) is 0 Å². The molecule has 0 aliphatic heterocycles. The summed E-state index contributed by atoms with van der Waals surface area (Å²) in [6.07, 6.45) is 9.13. The molecular formula is C16H33ClN2O5. The maximum atomic E-state index is 11.0. The molecule has 0 amide bonds. The predicted octanol–water partition coefficient (Wildman–Crippen LogP) is 1.58. The van der Waals surface area contributed by atoms with E-state index in [9.17, 15) is 9.59 Å². The number of esters is 1. The second-order valence-electron chi connectivity index (χ2n) is 6.20. The molecule has 2 aliphatic carbocycles. The molecule has 0 spiro atoms. The smallest absolute Gasteiger partial charge is 0.322 e. The number of ether oxygens (including phenoxy) is 1. The van der Waals surface area contributed by atoms with Crippen LogP contribution in [0.2, 0.25) is 0 Å². The third-order valence-electron chi connectivity index (χ3n) is 3.67. The van der Waals surface area contributed by atoms with Gasteiger partial charge in [0.1, 0.15) is 18.2 Å². The molecule has 0 heterocycles. The van der Waals surface area contributed by atoms with Gasteiger partial charge in [-0.05, 0) is 52.4 Å². The minimum absolute atomic E-state index is 0. The van der Waals surface area contributed by atoms with Gasteiger partial charge in [0.05, 0.1) is 6.10 Å². The van der Waals surface area contributed by atoms with Gasteiger partial charge in [0.25, 0.3) is 0 Å². The van der Waals surface area contributed by atoms with E-state index in [1.165, 1.54) is 32.6 Å². The first-order valence-corrected chi connectivity index (χ1v) is 8.36. The van der Waals surface area contributed by atoms with Crippen LogP contribution < -0.4 is 11.5 Å². The minimum atomic E-state index is -0.963. The van der Waals surface area contributed by atoms with Crippen molar-refractivity contribution >= 4 is 24.3 Å². The van der Waals surface area contributed by atoms with Crippen molar-refractivity contribution in [3.8, 4) is 0 Å². The molecule has 0 unspecified atom stereocenters. The van der Waals surface area contributed by atoms with Gasteiger partial charge in [-0.15, -0.1) is 12.4 Å². The highest BCUT2D eigenvalue weighted by Crippen LogP contribution is 2.21. The van der Waals surface area contributed by atoms with E-state index in [0.717, 1.165) is 25.7 Å². The first kappa shape index (κ1) is 25.4. The van der Waals surface area contributed by atoms with Crippen LogP contribution in [0.3, 0.4) is 0 Å². The minimum Gasteiger partial charge on any atom is -0.480 e. The molecule has 2 fully saturated rings. The summed E-state index contributed by atoms with van der Waals surface area (Å²) in [4.78, 5) is 20.5. The van der Waals surface area contributed by atoms with Gasteiger partial charge in [0.2, 0.25) is 0 Å². The zero-order valence-electron chi connectivity index (χ0n) is 14.6. The molecule has 0 saturated heterocycles. The molecule has 0 aromatic rings. The van der Waals surface area contributed by atoms with Gasteiger partial charge in [0, 0.05) is 0 Å². The third-order valence-corrected chi connectivity index (χ3v) is 3.67. The Morgan fingerprint density at radius 2 is 1.33 bits per heavy atom. The number of aliphatic hydroxyl groups excluding tert-OH is 1. The molecule has 144 valence electrons.